The molecule has 0 aliphatic carbocycles. The average Bonchev–Trinajstić information content (AvgIpc) is 2.28. The summed E-state index contributed by atoms with van der Waals surface area (Å²) in [7, 11) is 0. The summed E-state index contributed by atoms with van der Waals surface area (Å²) >= 11 is 0. The molecular weight excluding hydrogens is 246 g/mol. The molecule has 0 amide bonds. The van der Waals surface area contributed by atoms with Crippen LogP contribution in [0.25, 0.3) is 0 Å². The average molecular weight is 269 g/mol. The lowest BCUT2D eigenvalue weighted by atomic mass is 10.2. The first-order valence-electron chi connectivity index (χ1n) is 6.62. The van der Waals surface area contributed by atoms with Crippen LogP contribution < -0.4 is 15.4 Å². The van der Waals surface area contributed by atoms with Crippen LogP contribution in [0.15, 0.2) is 0 Å². The molecule has 1 aromatic heterocycles. The maximum atomic E-state index is 9.35. The van der Waals surface area contributed by atoms with E-state index in [-0.39, 0.29) is 12.1 Å². The number of aliphatic hydroxyl groups is 1. The highest BCUT2D eigenvalue weighted by atomic mass is 16.5. The molecular formula is C12H23N5O2. The molecule has 7 nitrogen and oxygen atoms in total. The van der Waals surface area contributed by atoms with E-state index in [4.69, 9.17) is 4.74 Å². The van der Waals surface area contributed by atoms with Crippen LogP contribution in [0.1, 0.15) is 34.1 Å². The molecule has 2 unspecified atom stereocenters. The summed E-state index contributed by atoms with van der Waals surface area (Å²) in [6, 6.07) is 0.353. The van der Waals surface area contributed by atoms with Crippen molar-refractivity contribution in [1.82, 2.24) is 15.0 Å². The van der Waals surface area contributed by atoms with Gasteiger partial charge in [0.1, 0.15) is 0 Å². The van der Waals surface area contributed by atoms with Crippen LogP contribution >= 0.6 is 0 Å². The van der Waals surface area contributed by atoms with Gasteiger partial charge in [0.25, 0.3) is 0 Å². The van der Waals surface area contributed by atoms with Gasteiger partial charge in [-0.1, -0.05) is 0 Å². The second-order valence-corrected chi connectivity index (χ2v) is 4.36. The van der Waals surface area contributed by atoms with E-state index in [0.717, 1.165) is 6.54 Å². The monoisotopic (exact) mass is 269 g/mol. The highest BCUT2D eigenvalue weighted by molar-refractivity contribution is 5.36. The van der Waals surface area contributed by atoms with Gasteiger partial charge >= 0.3 is 6.01 Å². The van der Waals surface area contributed by atoms with Crippen LogP contribution in [0.5, 0.6) is 6.01 Å². The van der Waals surface area contributed by atoms with Crippen molar-refractivity contribution in [2.45, 2.75) is 46.3 Å². The Morgan fingerprint density at radius 2 is 1.84 bits per heavy atom. The zero-order valence-corrected chi connectivity index (χ0v) is 12.0. The van der Waals surface area contributed by atoms with Gasteiger partial charge in [-0.25, -0.2) is 0 Å². The van der Waals surface area contributed by atoms with Crippen molar-refractivity contribution in [2.24, 2.45) is 0 Å². The van der Waals surface area contributed by atoms with E-state index in [1.165, 1.54) is 0 Å². The number of nitrogens with one attached hydrogen (secondary N) is 2. The molecule has 0 fully saturated rings. The Labute approximate surface area is 113 Å². The predicted octanol–water partition coefficient (Wildman–Crippen LogP) is 1.27. The normalized spacial score (nSPS) is 13.7. The zero-order chi connectivity index (χ0) is 14.3. The molecule has 2 atom stereocenters. The van der Waals surface area contributed by atoms with Crippen molar-refractivity contribution in [3.8, 4) is 6.01 Å². The van der Waals surface area contributed by atoms with Gasteiger partial charge in [0, 0.05) is 12.6 Å². The molecule has 0 aliphatic heterocycles. The Bertz CT molecular complexity index is 362. The van der Waals surface area contributed by atoms with Crippen LogP contribution in [0.2, 0.25) is 0 Å². The summed E-state index contributed by atoms with van der Waals surface area (Å²) in [6.07, 6.45) is 0.246. The summed E-state index contributed by atoms with van der Waals surface area (Å²) in [6.45, 7) is 8.77. The number of hydrogen-bond donors (Lipinski definition) is 3. The van der Waals surface area contributed by atoms with Gasteiger partial charge in [-0.3, -0.25) is 0 Å². The van der Waals surface area contributed by atoms with E-state index in [2.05, 4.69) is 25.6 Å². The molecule has 1 aromatic rings. The van der Waals surface area contributed by atoms with Gasteiger partial charge < -0.3 is 20.5 Å². The van der Waals surface area contributed by atoms with Gasteiger partial charge in [0.2, 0.25) is 11.9 Å². The molecule has 1 heterocycles. The van der Waals surface area contributed by atoms with Crippen molar-refractivity contribution >= 4 is 11.9 Å². The van der Waals surface area contributed by atoms with E-state index in [0.29, 0.717) is 30.9 Å². The van der Waals surface area contributed by atoms with Crippen LogP contribution in [0.4, 0.5) is 11.9 Å². The van der Waals surface area contributed by atoms with Crippen LogP contribution in [0, 0.1) is 0 Å². The lowest BCUT2D eigenvalue weighted by Gasteiger charge is -2.16. The van der Waals surface area contributed by atoms with Crippen molar-refractivity contribution in [3.63, 3.8) is 0 Å². The molecule has 0 bridgehead atoms. The van der Waals surface area contributed by atoms with Gasteiger partial charge in [-0.15, -0.1) is 0 Å². The SMILES string of the molecule is CCNc1nc(NC(C)CC(C)O)nc(OCC)n1. The maximum Gasteiger partial charge on any atom is 0.323 e. The molecule has 0 aromatic carbocycles. The summed E-state index contributed by atoms with van der Waals surface area (Å²) < 4.78 is 5.30. The van der Waals surface area contributed by atoms with E-state index >= 15 is 0 Å². The number of rotatable bonds is 8. The van der Waals surface area contributed by atoms with Gasteiger partial charge in [0.05, 0.1) is 12.7 Å². The van der Waals surface area contributed by atoms with Crippen LogP contribution in [-0.2, 0) is 0 Å². The quantitative estimate of drug-likeness (QED) is 0.654. The summed E-state index contributed by atoms with van der Waals surface area (Å²) in [5, 5.41) is 15.5. The molecule has 3 N–H and O–H groups in total. The molecule has 1 rings (SSSR count). The number of aliphatic hydroxyl groups excluding tert-OH is 1. The van der Waals surface area contributed by atoms with Crippen molar-refractivity contribution in [2.75, 3.05) is 23.8 Å². The minimum atomic E-state index is -0.371. The molecule has 0 saturated heterocycles. The van der Waals surface area contributed by atoms with Gasteiger partial charge in [-0.2, -0.15) is 15.0 Å². The third-order valence-electron chi connectivity index (χ3n) is 2.29. The summed E-state index contributed by atoms with van der Waals surface area (Å²) in [5.41, 5.74) is 0. The third kappa shape index (κ3) is 5.69. The Morgan fingerprint density at radius 3 is 2.42 bits per heavy atom. The minimum Gasteiger partial charge on any atom is -0.464 e. The third-order valence-corrected chi connectivity index (χ3v) is 2.29. The second-order valence-electron chi connectivity index (χ2n) is 4.36. The van der Waals surface area contributed by atoms with Crippen molar-refractivity contribution in [1.29, 1.82) is 0 Å². The molecule has 19 heavy (non-hydrogen) atoms. The number of aromatic nitrogens is 3. The first kappa shape index (κ1) is 15.4. The van der Waals surface area contributed by atoms with E-state index in [1.54, 1.807) is 6.92 Å². The highest BCUT2D eigenvalue weighted by Crippen LogP contribution is 2.13. The standard InChI is InChI=1S/C12H23N5O2/c1-5-13-10-15-11(14-8(3)7-9(4)18)17-12(16-10)19-6-2/h8-9,18H,5-7H2,1-4H3,(H2,13,14,15,16,17). The highest BCUT2D eigenvalue weighted by Gasteiger charge is 2.11. The second kappa shape index (κ2) is 7.73. The summed E-state index contributed by atoms with van der Waals surface area (Å²) in [4.78, 5) is 12.6. The topological polar surface area (TPSA) is 92.2 Å². The fraction of sp³-hybridized carbons (Fsp3) is 0.750. The lowest BCUT2D eigenvalue weighted by molar-refractivity contribution is 0.179. The molecule has 0 saturated carbocycles. The molecule has 108 valence electrons. The first-order chi connectivity index (χ1) is 9.05. The smallest absolute Gasteiger partial charge is 0.323 e. The molecule has 0 radical (unpaired) electrons. The number of nitrogens with zero attached hydrogens (tertiary/aromatic N) is 3. The van der Waals surface area contributed by atoms with E-state index < -0.39 is 0 Å². The van der Waals surface area contributed by atoms with E-state index in [9.17, 15) is 5.11 Å². The first-order valence-corrected chi connectivity index (χ1v) is 6.62. The molecule has 7 heteroatoms. The number of hydrogen-bond acceptors (Lipinski definition) is 7. The van der Waals surface area contributed by atoms with E-state index in [1.807, 2.05) is 20.8 Å². The Balaban J connectivity index is 2.79. The fourth-order valence-corrected chi connectivity index (χ4v) is 1.64. The molecule has 0 spiro atoms. The van der Waals surface area contributed by atoms with Gasteiger partial charge in [-0.05, 0) is 34.1 Å². The number of anilines is 2. The Morgan fingerprint density at radius 1 is 1.16 bits per heavy atom. The number of ether oxygens (including phenoxy) is 1. The summed E-state index contributed by atoms with van der Waals surface area (Å²) in [5.74, 6) is 0.926. The Hall–Kier alpha value is -1.63. The fourth-order valence-electron chi connectivity index (χ4n) is 1.64. The Kier molecular flexibility index (Phi) is 6.27. The van der Waals surface area contributed by atoms with Crippen LogP contribution in [0.3, 0.4) is 0 Å². The van der Waals surface area contributed by atoms with Crippen molar-refractivity contribution < 1.29 is 9.84 Å². The maximum absolute atomic E-state index is 9.35. The molecule has 0 aliphatic rings. The van der Waals surface area contributed by atoms with Crippen molar-refractivity contribution in [3.05, 3.63) is 0 Å². The van der Waals surface area contributed by atoms with Gasteiger partial charge in [0.15, 0.2) is 0 Å². The zero-order valence-electron chi connectivity index (χ0n) is 12.0. The van der Waals surface area contributed by atoms with Crippen LogP contribution in [-0.4, -0.2) is 45.4 Å². The lowest BCUT2D eigenvalue weighted by Crippen LogP contribution is -2.22. The predicted molar refractivity (Wildman–Crippen MR) is 74.5 cm³/mol. The largest absolute Gasteiger partial charge is 0.464 e. The minimum absolute atomic E-state index is 0.0614.